The molecule has 31 heavy (non-hydrogen) atoms. The van der Waals surface area contributed by atoms with Gasteiger partial charge in [0, 0.05) is 30.9 Å². The fraction of sp³-hybridized carbons (Fsp3) is 0.130. The lowest BCUT2D eigenvalue weighted by Gasteiger charge is -2.14. The summed E-state index contributed by atoms with van der Waals surface area (Å²) in [6, 6.07) is 17.5. The molecule has 0 fully saturated rings. The number of urea groups is 1. The molecule has 0 aliphatic heterocycles. The Hall–Kier alpha value is -3.71. The van der Waals surface area contributed by atoms with Crippen molar-refractivity contribution in [1.82, 2.24) is 9.13 Å². The zero-order chi connectivity index (χ0) is 22.1. The number of benzene rings is 3. The third kappa shape index (κ3) is 4.13. The molecule has 8 heteroatoms. The van der Waals surface area contributed by atoms with E-state index in [-0.39, 0.29) is 5.69 Å². The summed E-state index contributed by atoms with van der Waals surface area (Å²) in [5.41, 5.74) is 3.09. The fourth-order valence-electron chi connectivity index (χ4n) is 3.28. The van der Waals surface area contributed by atoms with Crippen molar-refractivity contribution >= 4 is 40.0 Å². The van der Waals surface area contributed by atoms with Crippen molar-refractivity contribution in [2.45, 2.75) is 6.92 Å². The first-order chi connectivity index (χ1) is 14.8. The van der Waals surface area contributed by atoms with Crippen LogP contribution in [0.3, 0.4) is 0 Å². The van der Waals surface area contributed by atoms with Crippen LogP contribution >= 0.6 is 11.6 Å². The van der Waals surface area contributed by atoms with Crippen molar-refractivity contribution in [3.8, 4) is 11.5 Å². The van der Waals surface area contributed by atoms with Crippen LogP contribution < -0.4 is 21.1 Å². The van der Waals surface area contributed by atoms with Gasteiger partial charge in [-0.1, -0.05) is 35.9 Å². The molecule has 7 nitrogen and oxygen atoms in total. The normalized spacial score (nSPS) is 10.8. The summed E-state index contributed by atoms with van der Waals surface area (Å²) >= 11 is 6.15. The number of fused-ring (bicyclic) bond motifs is 1. The Morgan fingerprint density at radius 3 is 2.29 bits per heavy atom. The second kappa shape index (κ2) is 8.20. The molecule has 0 atom stereocenters. The van der Waals surface area contributed by atoms with Gasteiger partial charge in [-0.3, -0.25) is 9.13 Å². The molecule has 3 aromatic carbocycles. The fourth-order valence-corrected chi connectivity index (χ4v) is 3.46. The van der Waals surface area contributed by atoms with Crippen LogP contribution in [0, 0.1) is 6.92 Å². The highest BCUT2D eigenvalue weighted by Gasteiger charge is 2.16. The predicted octanol–water partition coefficient (Wildman–Crippen LogP) is 5.28. The van der Waals surface area contributed by atoms with E-state index in [9.17, 15) is 9.59 Å². The molecule has 4 aromatic rings. The first-order valence-corrected chi connectivity index (χ1v) is 9.98. The molecule has 1 heterocycles. The first kappa shape index (κ1) is 20.6. The molecular formula is C23H21ClN4O3. The largest absolute Gasteiger partial charge is 0.455 e. The lowest BCUT2D eigenvalue weighted by molar-refractivity contribution is 0.262. The molecule has 0 saturated heterocycles. The van der Waals surface area contributed by atoms with E-state index in [4.69, 9.17) is 16.3 Å². The Morgan fingerprint density at radius 2 is 1.61 bits per heavy atom. The third-order valence-corrected chi connectivity index (χ3v) is 5.43. The van der Waals surface area contributed by atoms with Gasteiger partial charge in [0.15, 0.2) is 5.75 Å². The van der Waals surface area contributed by atoms with Crippen LogP contribution in [0.5, 0.6) is 11.5 Å². The average molecular weight is 437 g/mol. The van der Waals surface area contributed by atoms with Crippen molar-refractivity contribution in [2.75, 3.05) is 10.6 Å². The number of nitrogens with one attached hydrogen (secondary N) is 2. The van der Waals surface area contributed by atoms with E-state index in [1.54, 1.807) is 38.4 Å². The van der Waals surface area contributed by atoms with Gasteiger partial charge < -0.3 is 15.4 Å². The number of amides is 2. The molecule has 0 aliphatic rings. The summed E-state index contributed by atoms with van der Waals surface area (Å²) < 4.78 is 9.07. The van der Waals surface area contributed by atoms with Crippen molar-refractivity contribution in [3.63, 3.8) is 0 Å². The van der Waals surface area contributed by atoms with Gasteiger partial charge >= 0.3 is 11.7 Å². The standard InChI is InChI=1S/C23H21ClN4O3/c1-14-9-10-15(11-17(14)24)25-22(29)26-18-12-19-20(28(3)23(30)27(19)2)13-21(18)31-16-7-5-4-6-8-16/h4-13H,1-3H3,(H2,25,26,29). The number of nitrogens with zero attached hydrogens (tertiary/aromatic N) is 2. The third-order valence-electron chi connectivity index (χ3n) is 5.02. The van der Waals surface area contributed by atoms with Gasteiger partial charge in [0.1, 0.15) is 5.75 Å². The summed E-state index contributed by atoms with van der Waals surface area (Å²) in [4.78, 5) is 25.0. The lowest BCUT2D eigenvalue weighted by Crippen LogP contribution is -2.20. The number of rotatable bonds is 4. The van der Waals surface area contributed by atoms with E-state index >= 15 is 0 Å². The number of imidazole rings is 1. The zero-order valence-corrected chi connectivity index (χ0v) is 18.0. The van der Waals surface area contributed by atoms with Crippen LogP contribution in [0.4, 0.5) is 16.2 Å². The number of hydrogen-bond donors (Lipinski definition) is 2. The molecular weight excluding hydrogens is 416 g/mol. The molecule has 2 amide bonds. The number of aromatic nitrogens is 2. The van der Waals surface area contributed by atoms with Gasteiger partial charge in [-0.15, -0.1) is 0 Å². The van der Waals surface area contributed by atoms with Crippen LogP contribution in [0.15, 0.2) is 65.5 Å². The Balaban J connectivity index is 1.70. The summed E-state index contributed by atoms with van der Waals surface area (Å²) in [5.74, 6) is 1.02. The van der Waals surface area contributed by atoms with Crippen molar-refractivity contribution in [2.24, 2.45) is 14.1 Å². The minimum atomic E-state index is -0.460. The number of para-hydroxylation sites is 1. The van der Waals surface area contributed by atoms with E-state index in [1.807, 2.05) is 43.3 Å². The maximum Gasteiger partial charge on any atom is 0.328 e. The van der Waals surface area contributed by atoms with Gasteiger partial charge in [-0.05, 0) is 42.8 Å². The molecule has 0 unspecified atom stereocenters. The number of anilines is 2. The second-order valence-electron chi connectivity index (χ2n) is 7.20. The molecule has 1 aromatic heterocycles. The van der Waals surface area contributed by atoms with Crippen LogP contribution in [0.1, 0.15) is 5.56 Å². The maximum atomic E-state index is 12.7. The molecule has 0 spiro atoms. The second-order valence-corrected chi connectivity index (χ2v) is 7.60. The Bertz CT molecular complexity index is 1340. The minimum Gasteiger partial charge on any atom is -0.455 e. The minimum absolute atomic E-state index is 0.170. The van der Waals surface area contributed by atoms with E-state index < -0.39 is 6.03 Å². The van der Waals surface area contributed by atoms with Gasteiger partial charge in [0.2, 0.25) is 0 Å². The van der Waals surface area contributed by atoms with E-state index in [1.165, 1.54) is 9.13 Å². The Kier molecular flexibility index (Phi) is 5.44. The van der Waals surface area contributed by atoms with Gasteiger partial charge in [-0.25, -0.2) is 9.59 Å². The summed E-state index contributed by atoms with van der Waals surface area (Å²) in [6.07, 6.45) is 0. The zero-order valence-electron chi connectivity index (χ0n) is 17.3. The number of halogens is 1. The number of aryl methyl sites for hydroxylation is 3. The smallest absolute Gasteiger partial charge is 0.328 e. The maximum absolute atomic E-state index is 12.7. The molecule has 0 radical (unpaired) electrons. The van der Waals surface area contributed by atoms with Crippen molar-refractivity contribution in [1.29, 1.82) is 0 Å². The first-order valence-electron chi connectivity index (χ1n) is 9.60. The van der Waals surface area contributed by atoms with Crippen LogP contribution in [0.2, 0.25) is 5.02 Å². The molecule has 0 bridgehead atoms. The van der Waals surface area contributed by atoms with Crippen LogP contribution in [-0.2, 0) is 14.1 Å². The topological polar surface area (TPSA) is 77.3 Å². The van der Waals surface area contributed by atoms with Crippen molar-refractivity contribution < 1.29 is 9.53 Å². The molecule has 0 saturated carbocycles. The predicted molar refractivity (Wildman–Crippen MR) is 124 cm³/mol. The van der Waals surface area contributed by atoms with Gasteiger partial charge in [-0.2, -0.15) is 0 Å². The molecule has 2 N–H and O–H groups in total. The number of carbonyl (C=O) groups is 1. The highest BCUT2D eigenvalue weighted by Crippen LogP contribution is 2.33. The van der Waals surface area contributed by atoms with Gasteiger partial charge in [0.05, 0.1) is 16.7 Å². The molecule has 0 aliphatic carbocycles. The SMILES string of the molecule is Cc1ccc(NC(=O)Nc2cc3c(cc2Oc2ccccc2)n(C)c(=O)n3C)cc1Cl. The monoisotopic (exact) mass is 436 g/mol. The van der Waals surface area contributed by atoms with E-state index in [0.29, 0.717) is 38.9 Å². The Labute approximate surface area is 183 Å². The number of carbonyl (C=O) groups excluding carboxylic acids is 1. The molecule has 158 valence electrons. The summed E-state index contributed by atoms with van der Waals surface area (Å²) in [5, 5.41) is 6.15. The van der Waals surface area contributed by atoms with Crippen LogP contribution in [-0.4, -0.2) is 15.2 Å². The van der Waals surface area contributed by atoms with E-state index in [0.717, 1.165) is 5.56 Å². The number of hydrogen-bond acceptors (Lipinski definition) is 3. The summed E-state index contributed by atoms with van der Waals surface area (Å²) in [7, 11) is 3.37. The Morgan fingerprint density at radius 1 is 0.935 bits per heavy atom. The average Bonchev–Trinajstić information content (AvgIpc) is 2.95. The van der Waals surface area contributed by atoms with Crippen LogP contribution in [0.25, 0.3) is 11.0 Å². The highest BCUT2D eigenvalue weighted by atomic mass is 35.5. The lowest BCUT2D eigenvalue weighted by atomic mass is 10.2. The van der Waals surface area contributed by atoms with E-state index in [2.05, 4.69) is 10.6 Å². The number of ether oxygens (including phenoxy) is 1. The van der Waals surface area contributed by atoms with Gasteiger partial charge in [0.25, 0.3) is 0 Å². The van der Waals surface area contributed by atoms with Crippen molar-refractivity contribution in [3.05, 3.63) is 81.7 Å². The molecule has 4 rings (SSSR count). The highest BCUT2D eigenvalue weighted by molar-refractivity contribution is 6.31. The quantitative estimate of drug-likeness (QED) is 0.457. The summed E-state index contributed by atoms with van der Waals surface area (Å²) in [6.45, 7) is 1.89.